The number of hydrogen-bond acceptors (Lipinski definition) is 1. The molecular formula is C13H11Br3O. The Morgan fingerprint density at radius 2 is 1.76 bits per heavy atom. The summed E-state index contributed by atoms with van der Waals surface area (Å²) in [6, 6.07) is 8.18. The standard InChI is InChI=1S/C13H11Br3O/c1-7-5-11(15)9(6-10(7)14)13(16)12-4-3-8(2)17-12/h3-6,13H,1-2H3. The molecule has 0 aliphatic carbocycles. The highest BCUT2D eigenvalue weighted by Gasteiger charge is 2.17. The first-order valence-electron chi connectivity index (χ1n) is 5.15. The van der Waals surface area contributed by atoms with E-state index in [2.05, 4.69) is 66.8 Å². The van der Waals surface area contributed by atoms with Gasteiger partial charge in [0.25, 0.3) is 0 Å². The molecule has 1 atom stereocenters. The molecule has 0 N–H and O–H groups in total. The monoisotopic (exact) mass is 420 g/mol. The summed E-state index contributed by atoms with van der Waals surface area (Å²) in [5, 5.41) is 0. The molecule has 0 bridgehead atoms. The maximum Gasteiger partial charge on any atom is 0.122 e. The first kappa shape index (κ1) is 13.4. The smallest absolute Gasteiger partial charge is 0.122 e. The van der Waals surface area contributed by atoms with Gasteiger partial charge in [-0.1, -0.05) is 47.8 Å². The molecule has 2 rings (SSSR count). The molecule has 4 heteroatoms. The predicted octanol–water partition coefficient (Wildman–Crippen LogP) is 5.91. The van der Waals surface area contributed by atoms with Crippen LogP contribution in [0.5, 0.6) is 0 Å². The van der Waals surface area contributed by atoms with Crippen LogP contribution in [0.25, 0.3) is 0 Å². The third kappa shape index (κ3) is 2.85. The molecule has 0 saturated heterocycles. The number of rotatable bonds is 2. The normalized spacial score (nSPS) is 12.8. The highest BCUT2D eigenvalue weighted by molar-refractivity contribution is 9.11. The molecule has 0 saturated carbocycles. The Hall–Kier alpha value is -0.0600. The van der Waals surface area contributed by atoms with Crippen LogP contribution in [0.2, 0.25) is 0 Å². The Morgan fingerprint density at radius 1 is 1.06 bits per heavy atom. The summed E-state index contributed by atoms with van der Waals surface area (Å²) in [4.78, 5) is 0.0578. The van der Waals surface area contributed by atoms with E-state index in [1.165, 1.54) is 5.56 Å². The molecule has 1 nitrogen and oxygen atoms in total. The summed E-state index contributed by atoms with van der Waals surface area (Å²) in [7, 11) is 0. The molecule has 1 unspecified atom stereocenters. The molecule has 2 aromatic rings. The minimum absolute atomic E-state index is 0.0578. The quantitative estimate of drug-likeness (QED) is 0.548. The van der Waals surface area contributed by atoms with Crippen LogP contribution < -0.4 is 0 Å². The number of alkyl halides is 1. The van der Waals surface area contributed by atoms with Crippen molar-refractivity contribution in [2.45, 2.75) is 18.7 Å². The molecule has 0 radical (unpaired) electrons. The third-order valence-electron chi connectivity index (χ3n) is 2.56. The first-order valence-corrected chi connectivity index (χ1v) is 7.65. The van der Waals surface area contributed by atoms with Crippen LogP contribution in [0.1, 0.15) is 27.5 Å². The van der Waals surface area contributed by atoms with E-state index in [0.717, 1.165) is 26.0 Å². The number of furan rings is 1. The fourth-order valence-electron chi connectivity index (χ4n) is 1.60. The van der Waals surface area contributed by atoms with Crippen molar-refractivity contribution < 1.29 is 4.42 Å². The van der Waals surface area contributed by atoms with Crippen LogP contribution >= 0.6 is 47.8 Å². The third-order valence-corrected chi connectivity index (χ3v) is 5.05. The Bertz CT molecular complexity index is 546. The summed E-state index contributed by atoms with van der Waals surface area (Å²) >= 11 is 10.8. The van der Waals surface area contributed by atoms with Gasteiger partial charge in [-0.05, 0) is 49.2 Å². The maximum atomic E-state index is 5.64. The van der Waals surface area contributed by atoms with E-state index in [0.29, 0.717) is 0 Å². The Labute approximate surface area is 126 Å². The molecule has 1 aromatic heterocycles. The van der Waals surface area contributed by atoms with E-state index in [1.54, 1.807) is 0 Å². The van der Waals surface area contributed by atoms with Crippen LogP contribution in [-0.2, 0) is 0 Å². The zero-order valence-electron chi connectivity index (χ0n) is 9.43. The SMILES string of the molecule is Cc1ccc(C(Br)c2cc(Br)c(C)cc2Br)o1. The van der Waals surface area contributed by atoms with Gasteiger partial charge in [0, 0.05) is 8.95 Å². The van der Waals surface area contributed by atoms with Crippen LogP contribution in [-0.4, -0.2) is 0 Å². The van der Waals surface area contributed by atoms with Crippen molar-refractivity contribution >= 4 is 47.8 Å². The second kappa shape index (κ2) is 5.29. The van der Waals surface area contributed by atoms with Gasteiger partial charge < -0.3 is 4.42 Å². The molecule has 17 heavy (non-hydrogen) atoms. The van der Waals surface area contributed by atoms with E-state index in [9.17, 15) is 0 Å². The van der Waals surface area contributed by atoms with Crippen molar-refractivity contribution in [3.8, 4) is 0 Å². The van der Waals surface area contributed by atoms with Crippen LogP contribution in [0.3, 0.4) is 0 Å². The average molecular weight is 423 g/mol. The predicted molar refractivity (Wildman–Crippen MR) is 80.8 cm³/mol. The minimum atomic E-state index is 0.0578. The van der Waals surface area contributed by atoms with Crippen molar-refractivity contribution in [1.82, 2.24) is 0 Å². The van der Waals surface area contributed by atoms with Gasteiger partial charge in [-0.3, -0.25) is 0 Å². The Kier molecular flexibility index (Phi) is 4.16. The van der Waals surface area contributed by atoms with Gasteiger partial charge >= 0.3 is 0 Å². The highest BCUT2D eigenvalue weighted by atomic mass is 79.9. The summed E-state index contributed by atoms with van der Waals surface area (Å²) < 4.78 is 7.82. The van der Waals surface area contributed by atoms with Gasteiger partial charge in [0.1, 0.15) is 11.5 Å². The van der Waals surface area contributed by atoms with Gasteiger partial charge in [0.2, 0.25) is 0 Å². The summed E-state index contributed by atoms with van der Waals surface area (Å²) in [5.74, 6) is 1.84. The lowest BCUT2D eigenvalue weighted by atomic mass is 10.1. The van der Waals surface area contributed by atoms with Crippen molar-refractivity contribution in [1.29, 1.82) is 0 Å². The Balaban J connectivity index is 2.43. The van der Waals surface area contributed by atoms with Crippen LogP contribution in [0.4, 0.5) is 0 Å². The molecule has 90 valence electrons. The first-order chi connectivity index (χ1) is 7.99. The van der Waals surface area contributed by atoms with E-state index in [1.807, 2.05) is 19.1 Å². The van der Waals surface area contributed by atoms with Gasteiger partial charge in [-0.15, -0.1) is 0 Å². The fourth-order valence-corrected chi connectivity index (χ4v) is 3.58. The second-order valence-corrected chi connectivity index (χ2v) is 6.56. The van der Waals surface area contributed by atoms with Crippen LogP contribution in [0, 0.1) is 13.8 Å². The van der Waals surface area contributed by atoms with Crippen molar-refractivity contribution in [3.63, 3.8) is 0 Å². The highest BCUT2D eigenvalue weighted by Crippen LogP contribution is 2.38. The molecule has 1 aromatic carbocycles. The van der Waals surface area contributed by atoms with Crippen molar-refractivity contribution in [2.24, 2.45) is 0 Å². The number of halogens is 3. The minimum Gasteiger partial charge on any atom is -0.465 e. The van der Waals surface area contributed by atoms with E-state index < -0.39 is 0 Å². The fraction of sp³-hybridized carbons (Fsp3) is 0.231. The summed E-state index contributed by atoms with van der Waals surface area (Å²) in [6.07, 6.45) is 0. The largest absolute Gasteiger partial charge is 0.465 e. The van der Waals surface area contributed by atoms with E-state index in [-0.39, 0.29) is 4.83 Å². The summed E-state index contributed by atoms with van der Waals surface area (Å²) in [5.41, 5.74) is 2.35. The molecule has 1 heterocycles. The topological polar surface area (TPSA) is 13.1 Å². The molecule has 0 spiro atoms. The van der Waals surface area contributed by atoms with Gasteiger partial charge in [0.15, 0.2) is 0 Å². The second-order valence-electron chi connectivity index (χ2n) is 3.93. The maximum absolute atomic E-state index is 5.64. The van der Waals surface area contributed by atoms with Gasteiger partial charge in [-0.2, -0.15) is 0 Å². The lowest BCUT2D eigenvalue weighted by Gasteiger charge is -2.12. The molecule has 0 amide bonds. The van der Waals surface area contributed by atoms with E-state index >= 15 is 0 Å². The van der Waals surface area contributed by atoms with Crippen LogP contribution in [0.15, 0.2) is 37.6 Å². The number of hydrogen-bond donors (Lipinski definition) is 0. The lowest BCUT2D eigenvalue weighted by molar-refractivity contribution is 0.491. The Morgan fingerprint density at radius 3 is 2.35 bits per heavy atom. The average Bonchev–Trinajstić information content (AvgIpc) is 2.69. The number of benzene rings is 1. The lowest BCUT2D eigenvalue weighted by Crippen LogP contribution is -1.93. The zero-order valence-corrected chi connectivity index (χ0v) is 14.2. The molecule has 0 fully saturated rings. The van der Waals surface area contributed by atoms with Crippen molar-refractivity contribution in [2.75, 3.05) is 0 Å². The molecule has 0 aliphatic heterocycles. The van der Waals surface area contributed by atoms with Gasteiger partial charge in [0.05, 0.1) is 4.83 Å². The zero-order chi connectivity index (χ0) is 12.6. The van der Waals surface area contributed by atoms with Crippen molar-refractivity contribution in [3.05, 3.63) is 55.9 Å². The summed E-state index contributed by atoms with van der Waals surface area (Å²) in [6.45, 7) is 4.02. The molecule has 0 aliphatic rings. The molecular weight excluding hydrogens is 412 g/mol. The van der Waals surface area contributed by atoms with E-state index in [4.69, 9.17) is 4.42 Å². The van der Waals surface area contributed by atoms with Gasteiger partial charge in [-0.25, -0.2) is 0 Å². The number of aryl methyl sites for hydroxylation is 2.